The summed E-state index contributed by atoms with van der Waals surface area (Å²) in [6.45, 7) is 0. The molecular formula is C19H19F2NO2. The van der Waals surface area contributed by atoms with Gasteiger partial charge in [0, 0.05) is 18.4 Å². The Morgan fingerprint density at radius 1 is 1.25 bits per heavy atom. The second-order valence-electron chi connectivity index (χ2n) is 5.99. The second kappa shape index (κ2) is 6.99. The van der Waals surface area contributed by atoms with Crippen LogP contribution in [0.25, 0.3) is 0 Å². The van der Waals surface area contributed by atoms with Crippen molar-refractivity contribution in [3.05, 3.63) is 65.2 Å². The third kappa shape index (κ3) is 3.72. The number of halogens is 2. The Bertz CT molecular complexity index is 748. The van der Waals surface area contributed by atoms with Crippen LogP contribution in [0.15, 0.2) is 42.5 Å². The number of rotatable bonds is 6. The summed E-state index contributed by atoms with van der Waals surface area (Å²) >= 11 is 0. The van der Waals surface area contributed by atoms with E-state index in [-0.39, 0.29) is 36.3 Å². The number of carbonyl (C=O) groups is 1. The molecule has 2 aromatic rings. The van der Waals surface area contributed by atoms with Crippen molar-refractivity contribution in [3.8, 4) is 5.75 Å². The number of aryl methyl sites for hydroxylation is 1. The average molecular weight is 331 g/mol. The summed E-state index contributed by atoms with van der Waals surface area (Å²) in [5.74, 6) is -0.0640. The van der Waals surface area contributed by atoms with Crippen LogP contribution in [0, 0.1) is 11.6 Å². The quantitative estimate of drug-likeness (QED) is 0.879. The van der Waals surface area contributed by atoms with Crippen molar-refractivity contribution in [1.82, 2.24) is 5.32 Å². The number of ether oxygens (including phenoxy) is 1. The molecule has 5 heteroatoms. The number of para-hydroxylation sites is 1. The van der Waals surface area contributed by atoms with Crippen LogP contribution < -0.4 is 10.1 Å². The van der Waals surface area contributed by atoms with E-state index in [9.17, 15) is 13.6 Å². The molecule has 126 valence electrons. The molecule has 3 nitrogen and oxygen atoms in total. The van der Waals surface area contributed by atoms with Gasteiger partial charge in [0.15, 0.2) is 0 Å². The fourth-order valence-electron chi connectivity index (χ4n) is 2.93. The van der Waals surface area contributed by atoms with Crippen molar-refractivity contribution in [2.45, 2.75) is 31.2 Å². The van der Waals surface area contributed by atoms with Gasteiger partial charge in [-0.3, -0.25) is 4.79 Å². The van der Waals surface area contributed by atoms with E-state index in [2.05, 4.69) is 5.32 Å². The molecule has 1 aliphatic carbocycles. The molecular weight excluding hydrogens is 312 g/mol. The highest BCUT2D eigenvalue weighted by atomic mass is 19.1. The van der Waals surface area contributed by atoms with Gasteiger partial charge in [0.25, 0.3) is 0 Å². The van der Waals surface area contributed by atoms with E-state index in [1.54, 1.807) is 7.11 Å². The fraction of sp³-hybridized carbons (Fsp3) is 0.316. The fourth-order valence-corrected chi connectivity index (χ4v) is 2.93. The molecule has 0 unspecified atom stereocenters. The number of hydrogen-bond acceptors (Lipinski definition) is 2. The van der Waals surface area contributed by atoms with Gasteiger partial charge in [-0.25, -0.2) is 8.78 Å². The molecule has 1 amide bonds. The molecule has 1 fully saturated rings. The third-order valence-corrected chi connectivity index (χ3v) is 4.30. The van der Waals surface area contributed by atoms with E-state index in [1.165, 1.54) is 0 Å². The smallest absolute Gasteiger partial charge is 0.220 e. The molecule has 2 aromatic carbocycles. The number of methoxy groups -OCH3 is 1. The zero-order chi connectivity index (χ0) is 17.1. The van der Waals surface area contributed by atoms with Crippen LogP contribution in [0.3, 0.4) is 0 Å². The van der Waals surface area contributed by atoms with Crippen LogP contribution in [0.5, 0.6) is 5.75 Å². The number of carbonyl (C=O) groups excluding carboxylic acids is 1. The van der Waals surface area contributed by atoms with Crippen molar-refractivity contribution in [2.75, 3.05) is 7.11 Å². The molecule has 1 N–H and O–H groups in total. The van der Waals surface area contributed by atoms with Gasteiger partial charge in [0.05, 0.1) is 7.11 Å². The predicted molar refractivity (Wildman–Crippen MR) is 87.0 cm³/mol. The summed E-state index contributed by atoms with van der Waals surface area (Å²) in [6, 6.07) is 11.1. The Hall–Kier alpha value is -2.43. The minimum Gasteiger partial charge on any atom is -0.496 e. The molecule has 0 bridgehead atoms. The topological polar surface area (TPSA) is 38.3 Å². The SMILES string of the molecule is COc1ccccc1[C@@H]1C[C@@H]1NC(=O)CCc1cc(F)ccc1F. The third-order valence-electron chi connectivity index (χ3n) is 4.30. The van der Waals surface area contributed by atoms with E-state index < -0.39 is 11.6 Å². The summed E-state index contributed by atoms with van der Waals surface area (Å²) in [5, 5.41) is 2.95. The maximum Gasteiger partial charge on any atom is 0.220 e. The summed E-state index contributed by atoms with van der Waals surface area (Å²) in [4.78, 5) is 12.0. The number of nitrogens with one attached hydrogen (secondary N) is 1. The van der Waals surface area contributed by atoms with Gasteiger partial charge in [-0.2, -0.15) is 0 Å². The van der Waals surface area contributed by atoms with E-state index in [0.29, 0.717) is 0 Å². The average Bonchev–Trinajstić information content (AvgIpc) is 3.34. The van der Waals surface area contributed by atoms with E-state index in [4.69, 9.17) is 4.74 Å². The molecule has 0 aliphatic heterocycles. The van der Waals surface area contributed by atoms with Gasteiger partial charge in [-0.15, -0.1) is 0 Å². The molecule has 0 spiro atoms. The van der Waals surface area contributed by atoms with Crippen LogP contribution in [0.2, 0.25) is 0 Å². The van der Waals surface area contributed by atoms with Crippen LogP contribution in [0.1, 0.15) is 29.9 Å². The molecule has 1 saturated carbocycles. The summed E-state index contributed by atoms with van der Waals surface area (Å²) in [7, 11) is 1.63. The normalized spacial score (nSPS) is 19.0. The first kappa shape index (κ1) is 16.4. The minimum atomic E-state index is -0.495. The highest BCUT2D eigenvalue weighted by molar-refractivity contribution is 5.77. The molecule has 0 aromatic heterocycles. The van der Waals surface area contributed by atoms with Crippen LogP contribution in [-0.2, 0) is 11.2 Å². The number of benzene rings is 2. The highest BCUT2D eigenvalue weighted by Crippen LogP contribution is 2.44. The Morgan fingerprint density at radius 2 is 2.04 bits per heavy atom. The van der Waals surface area contributed by atoms with Crippen LogP contribution in [-0.4, -0.2) is 19.1 Å². The first-order valence-electron chi connectivity index (χ1n) is 7.94. The monoisotopic (exact) mass is 331 g/mol. The van der Waals surface area contributed by atoms with Gasteiger partial charge in [0.2, 0.25) is 5.91 Å². The number of amides is 1. The lowest BCUT2D eigenvalue weighted by Gasteiger charge is -2.09. The van der Waals surface area contributed by atoms with Gasteiger partial charge < -0.3 is 10.1 Å². The van der Waals surface area contributed by atoms with Gasteiger partial charge in [-0.05, 0) is 48.2 Å². The lowest BCUT2D eigenvalue weighted by atomic mass is 10.1. The zero-order valence-corrected chi connectivity index (χ0v) is 13.4. The lowest BCUT2D eigenvalue weighted by Crippen LogP contribution is -2.26. The van der Waals surface area contributed by atoms with Crippen LogP contribution in [0.4, 0.5) is 8.78 Å². The van der Waals surface area contributed by atoms with Crippen molar-refractivity contribution in [3.63, 3.8) is 0 Å². The van der Waals surface area contributed by atoms with E-state index in [0.717, 1.165) is 35.9 Å². The maximum absolute atomic E-state index is 13.5. The largest absolute Gasteiger partial charge is 0.496 e. The predicted octanol–water partition coefficient (Wildman–Crippen LogP) is 3.58. The van der Waals surface area contributed by atoms with Gasteiger partial charge in [-0.1, -0.05) is 18.2 Å². The Labute approximate surface area is 139 Å². The summed E-state index contributed by atoms with van der Waals surface area (Å²) in [6.07, 6.45) is 1.18. The highest BCUT2D eigenvalue weighted by Gasteiger charge is 2.40. The maximum atomic E-state index is 13.5. The lowest BCUT2D eigenvalue weighted by molar-refractivity contribution is -0.121. The molecule has 24 heavy (non-hydrogen) atoms. The molecule has 0 heterocycles. The molecule has 3 rings (SSSR count). The van der Waals surface area contributed by atoms with E-state index >= 15 is 0 Å². The first-order valence-corrected chi connectivity index (χ1v) is 7.94. The molecule has 0 radical (unpaired) electrons. The van der Waals surface area contributed by atoms with Crippen molar-refractivity contribution >= 4 is 5.91 Å². The summed E-state index contributed by atoms with van der Waals surface area (Å²) < 4.78 is 32.0. The minimum absolute atomic E-state index is 0.0751. The Balaban J connectivity index is 1.53. The summed E-state index contributed by atoms with van der Waals surface area (Å²) in [5.41, 5.74) is 1.31. The Kier molecular flexibility index (Phi) is 4.79. The van der Waals surface area contributed by atoms with Gasteiger partial charge in [0.1, 0.15) is 17.4 Å². The van der Waals surface area contributed by atoms with Crippen molar-refractivity contribution < 1.29 is 18.3 Å². The van der Waals surface area contributed by atoms with E-state index in [1.807, 2.05) is 24.3 Å². The number of hydrogen-bond donors (Lipinski definition) is 1. The Morgan fingerprint density at radius 3 is 2.83 bits per heavy atom. The molecule has 2 atom stereocenters. The van der Waals surface area contributed by atoms with Crippen molar-refractivity contribution in [2.24, 2.45) is 0 Å². The van der Waals surface area contributed by atoms with Gasteiger partial charge >= 0.3 is 0 Å². The van der Waals surface area contributed by atoms with Crippen molar-refractivity contribution in [1.29, 1.82) is 0 Å². The zero-order valence-electron chi connectivity index (χ0n) is 13.4. The molecule has 0 saturated heterocycles. The second-order valence-corrected chi connectivity index (χ2v) is 5.99. The van der Waals surface area contributed by atoms with Crippen LogP contribution >= 0.6 is 0 Å². The standard InChI is InChI=1S/C19H19F2NO2/c1-24-18-5-3-2-4-14(18)15-11-17(15)22-19(23)9-6-12-10-13(20)7-8-16(12)21/h2-5,7-8,10,15,17H,6,9,11H2,1H3,(H,22,23)/t15-,17-/m0/s1. The molecule has 1 aliphatic rings. The first-order chi connectivity index (χ1) is 11.6.